The lowest BCUT2D eigenvalue weighted by Crippen LogP contribution is -2.41. The predicted octanol–water partition coefficient (Wildman–Crippen LogP) is 4.07. The lowest BCUT2D eigenvalue weighted by atomic mass is 10.1. The summed E-state index contributed by atoms with van der Waals surface area (Å²) in [5.41, 5.74) is 8.76. The molecule has 0 spiro atoms. The number of carbonyl (C=O) groups excluding carboxylic acids is 2. The maximum absolute atomic E-state index is 12.3. The molecule has 148 valence electrons. The van der Waals surface area contributed by atoms with E-state index in [9.17, 15) is 9.59 Å². The average Bonchev–Trinajstić information content (AvgIpc) is 2.70. The standard InChI is InChI=1S/C21H19IN4O2S/c1-13-10-14(2)24-21(23-13)29-12-15-6-8-16(9-7-15)19(27)25-26-20(28)17-4-3-5-18(22)11-17/h3-11H,12H2,1-2H3,(H,25,27)(H,26,28). The van der Waals surface area contributed by atoms with Gasteiger partial charge in [0.15, 0.2) is 5.16 Å². The van der Waals surface area contributed by atoms with Gasteiger partial charge in [-0.3, -0.25) is 20.4 Å². The number of nitrogens with zero attached hydrogens (tertiary/aromatic N) is 2. The Bertz CT molecular complexity index is 1020. The Kier molecular flexibility index (Phi) is 7.21. The number of benzene rings is 2. The van der Waals surface area contributed by atoms with Crippen molar-refractivity contribution in [2.24, 2.45) is 0 Å². The van der Waals surface area contributed by atoms with Gasteiger partial charge in [-0.15, -0.1) is 0 Å². The zero-order chi connectivity index (χ0) is 20.8. The van der Waals surface area contributed by atoms with Crippen LogP contribution in [0.15, 0.2) is 59.8 Å². The van der Waals surface area contributed by atoms with Gasteiger partial charge in [-0.25, -0.2) is 9.97 Å². The first-order valence-corrected chi connectivity index (χ1v) is 10.9. The molecule has 0 fully saturated rings. The highest BCUT2D eigenvalue weighted by atomic mass is 127. The van der Waals surface area contributed by atoms with E-state index in [0.717, 1.165) is 25.7 Å². The summed E-state index contributed by atoms with van der Waals surface area (Å²) >= 11 is 3.68. The molecule has 2 amide bonds. The fraction of sp³-hybridized carbons (Fsp3) is 0.143. The van der Waals surface area contributed by atoms with Gasteiger partial charge in [0.05, 0.1) is 0 Å². The molecule has 29 heavy (non-hydrogen) atoms. The van der Waals surface area contributed by atoms with E-state index in [1.807, 2.05) is 38.1 Å². The molecule has 3 rings (SSSR count). The van der Waals surface area contributed by atoms with Crippen LogP contribution in [0, 0.1) is 17.4 Å². The molecule has 8 heteroatoms. The van der Waals surface area contributed by atoms with E-state index in [4.69, 9.17) is 0 Å². The SMILES string of the molecule is Cc1cc(C)nc(SCc2ccc(C(=O)NNC(=O)c3cccc(I)c3)cc2)n1. The van der Waals surface area contributed by atoms with Gasteiger partial charge in [-0.1, -0.05) is 30.0 Å². The number of aromatic nitrogens is 2. The van der Waals surface area contributed by atoms with Crippen molar-refractivity contribution in [3.63, 3.8) is 0 Å². The highest BCUT2D eigenvalue weighted by Gasteiger charge is 2.10. The van der Waals surface area contributed by atoms with Crippen LogP contribution in [-0.4, -0.2) is 21.8 Å². The van der Waals surface area contributed by atoms with Crippen LogP contribution in [0.2, 0.25) is 0 Å². The summed E-state index contributed by atoms with van der Waals surface area (Å²) in [6.45, 7) is 3.90. The second-order valence-corrected chi connectivity index (χ2v) is 8.53. The normalized spacial score (nSPS) is 10.4. The molecule has 2 N–H and O–H groups in total. The van der Waals surface area contributed by atoms with Gasteiger partial charge in [0, 0.05) is 31.8 Å². The molecular weight excluding hydrogens is 499 g/mol. The van der Waals surface area contributed by atoms with Crippen LogP contribution in [0.3, 0.4) is 0 Å². The van der Waals surface area contributed by atoms with Gasteiger partial charge in [-0.2, -0.15) is 0 Å². The first-order chi connectivity index (χ1) is 13.9. The van der Waals surface area contributed by atoms with Crippen LogP contribution in [-0.2, 0) is 5.75 Å². The number of carbonyl (C=O) groups is 2. The van der Waals surface area contributed by atoms with Gasteiger partial charge < -0.3 is 0 Å². The van der Waals surface area contributed by atoms with Crippen molar-refractivity contribution < 1.29 is 9.59 Å². The van der Waals surface area contributed by atoms with Crippen molar-refractivity contribution in [2.45, 2.75) is 24.8 Å². The summed E-state index contributed by atoms with van der Waals surface area (Å²) in [5.74, 6) is -0.0343. The second kappa shape index (κ2) is 9.84. The molecule has 0 atom stereocenters. The Labute approximate surface area is 187 Å². The van der Waals surface area contributed by atoms with Crippen LogP contribution < -0.4 is 10.9 Å². The number of nitrogens with one attached hydrogen (secondary N) is 2. The zero-order valence-corrected chi connectivity index (χ0v) is 18.9. The Hall–Kier alpha value is -2.46. The zero-order valence-electron chi connectivity index (χ0n) is 15.9. The molecule has 3 aromatic rings. The highest BCUT2D eigenvalue weighted by Crippen LogP contribution is 2.20. The topological polar surface area (TPSA) is 84.0 Å². The molecule has 1 aromatic heterocycles. The van der Waals surface area contributed by atoms with Gasteiger partial charge in [-0.05, 0) is 78.4 Å². The molecule has 0 saturated heterocycles. The lowest BCUT2D eigenvalue weighted by molar-refractivity contribution is 0.0846. The van der Waals surface area contributed by atoms with Crippen LogP contribution in [0.4, 0.5) is 0 Å². The largest absolute Gasteiger partial charge is 0.269 e. The third-order valence-corrected chi connectivity index (χ3v) is 5.51. The van der Waals surface area contributed by atoms with Gasteiger partial charge >= 0.3 is 0 Å². The van der Waals surface area contributed by atoms with Crippen molar-refractivity contribution in [3.8, 4) is 0 Å². The summed E-state index contributed by atoms with van der Waals surface area (Å²) in [5, 5.41) is 0.739. The fourth-order valence-corrected chi connectivity index (χ4v) is 3.99. The summed E-state index contributed by atoms with van der Waals surface area (Å²) in [6.07, 6.45) is 0. The van der Waals surface area contributed by atoms with Crippen molar-refractivity contribution >= 4 is 46.2 Å². The van der Waals surface area contributed by atoms with Crippen molar-refractivity contribution in [1.29, 1.82) is 0 Å². The maximum Gasteiger partial charge on any atom is 0.269 e. The number of hydrogen-bond acceptors (Lipinski definition) is 5. The van der Waals surface area contributed by atoms with Crippen molar-refractivity contribution in [2.75, 3.05) is 0 Å². The smallest absolute Gasteiger partial charge is 0.267 e. The molecule has 2 aromatic carbocycles. The van der Waals surface area contributed by atoms with Crippen LogP contribution in [0.1, 0.15) is 37.7 Å². The number of aryl methyl sites for hydroxylation is 2. The minimum Gasteiger partial charge on any atom is -0.267 e. The molecule has 0 aliphatic heterocycles. The minimum absolute atomic E-state index is 0.363. The first-order valence-electron chi connectivity index (χ1n) is 8.81. The predicted molar refractivity (Wildman–Crippen MR) is 122 cm³/mol. The van der Waals surface area contributed by atoms with E-state index in [1.54, 1.807) is 42.1 Å². The number of hydrogen-bond donors (Lipinski definition) is 2. The monoisotopic (exact) mass is 518 g/mol. The number of halogens is 1. The molecule has 0 radical (unpaired) electrons. The third-order valence-electron chi connectivity index (χ3n) is 3.92. The number of hydrazine groups is 1. The molecule has 0 aliphatic rings. The Balaban J connectivity index is 1.53. The van der Waals surface area contributed by atoms with Gasteiger partial charge in [0.25, 0.3) is 11.8 Å². The minimum atomic E-state index is -0.374. The highest BCUT2D eigenvalue weighted by molar-refractivity contribution is 14.1. The van der Waals surface area contributed by atoms with E-state index in [1.165, 1.54) is 0 Å². The van der Waals surface area contributed by atoms with E-state index < -0.39 is 0 Å². The average molecular weight is 518 g/mol. The van der Waals surface area contributed by atoms with Crippen LogP contribution in [0.5, 0.6) is 0 Å². The second-order valence-electron chi connectivity index (χ2n) is 6.34. The summed E-state index contributed by atoms with van der Waals surface area (Å²) in [7, 11) is 0. The summed E-state index contributed by atoms with van der Waals surface area (Å²) < 4.78 is 0.946. The van der Waals surface area contributed by atoms with Crippen molar-refractivity contribution in [3.05, 3.63) is 86.2 Å². The van der Waals surface area contributed by atoms with Gasteiger partial charge in [0.2, 0.25) is 0 Å². The Morgan fingerprint density at radius 3 is 2.14 bits per heavy atom. The Morgan fingerprint density at radius 2 is 1.52 bits per heavy atom. The fourth-order valence-electron chi connectivity index (χ4n) is 2.55. The lowest BCUT2D eigenvalue weighted by Gasteiger charge is -2.08. The van der Waals surface area contributed by atoms with Crippen LogP contribution in [0.25, 0.3) is 0 Å². The molecule has 0 bridgehead atoms. The molecule has 0 aliphatic carbocycles. The number of amides is 2. The van der Waals surface area contributed by atoms with E-state index in [2.05, 4.69) is 43.4 Å². The van der Waals surface area contributed by atoms with Gasteiger partial charge in [0.1, 0.15) is 0 Å². The van der Waals surface area contributed by atoms with Crippen molar-refractivity contribution in [1.82, 2.24) is 20.8 Å². The third kappa shape index (κ3) is 6.26. The Morgan fingerprint density at radius 1 is 0.897 bits per heavy atom. The number of thioether (sulfide) groups is 1. The summed E-state index contributed by atoms with van der Waals surface area (Å²) in [6, 6.07) is 16.3. The quantitative estimate of drug-likeness (QED) is 0.230. The van der Waals surface area contributed by atoms with E-state index >= 15 is 0 Å². The molecule has 6 nitrogen and oxygen atoms in total. The molecule has 1 heterocycles. The number of rotatable bonds is 5. The summed E-state index contributed by atoms with van der Waals surface area (Å²) in [4.78, 5) is 33.2. The molecular formula is C21H19IN4O2S. The van der Waals surface area contributed by atoms with E-state index in [0.29, 0.717) is 16.9 Å². The first kappa shape index (κ1) is 21.3. The van der Waals surface area contributed by atoms with Crippen LogP contribution >= 0.6 is 34.4 Å². The van der Waals surface area contributed by atoms with E-state index in [-0.39, 0.29) is 11.8 Å². The maximum atomic E-state index is 12.3. The molecule has 0 saturated carbocycles. The molecule has 0 unspecified atom stereocenters.